The first-order valence-corrected chi connectivity index (χ1v) is 9.33. The van der Waals surface area contributed by atoms with Crippen LogP contribution in [0.5, 0.6) is 5.75 Å². The number of carboxylic acids is 2. The Kier molecular flexibility index (Phi) is 5.93. The molecule has 0 spiro atoms. The number of aromatic carboxylic acids is 1. The number of aromatic hydroxyl groups is 1. The fourth-order valence-corrected chi connectivity index (χ4v) is 4.40. The molecule has 3 rings (SSSR count). The molecular formula is C18H19N3O6S. The molecule has 0 bridgehead atoms. The highest BCUT2D eigenvalue weighted by atomic mass is 32.1. The van der Waals surface area contributed by atoms with Crippen LogP contribution in [0.1, 0.15) is 32.4 Å². The molecule has 148 valence electrons. The maximum atomic E-state index is 11.7. The Labute approximate surface area is 164 Å². The summed E-state index contributed by atoms with van der Waals surface area (Å²) in [4.78, 5) is 34.7. The number of rotatable bonds is 6. The van der Waals surface area contributed by atoms with Gasteiger partial charge in [0.1, 0.15) is 10.8 Å². The van der Waals surface area contributed by atoms with Crippen molar-refractivity contribution in [2.45, 2.75) is 19.0 Å². The van der Waals surface area contributed by atoms with Gasteiger partial charge in [-0.2, -0.15) is 0 Å². The molecule has 6 N–H and O–H groups in total. The first-order valence-electron chi connectivity index (χ1n) is 8.52. The van der Waals surface area contributed by atoms with E-state index < -0.39 is 17.8 Å². The number of aliphatic carboxylic acids is 1. The van der Waals surface area contributed by atoms with Crippen molar-refractivity contribution in [1.82, 2.24) is 10.6 Å². The molecule has 0 aliphatic carbocycles. The van der Waals surface area contributed by atoms with Crippen molar-refractivity contribution in [3.05, 3.63) is 45.8 Å². The lowest BCUT2D eigenvalue weighted by Gasteiger charge is -2.24. The number of hydrogen-bond donors (Lipinski definition) is 6. The number of fused-ring (bicyclic) bond motifs is 1. The van der Waals surface area contributed by atoms with E-state index in [4.69, 9.17) is 5.11 Å². The summed E-state index contributed by atoms with van der Waals surface area (Å²) in [6.45, 7) is 1.65. The van der Waals surface area contributed by atoms with E-state index >= 15 is 0 Å². The maximum absolute atomic E-state index is 11.7. The van der Waals surface area contributed by atoms with Gasteiger partial charge in [-0.1, -0.05) is 12.1 Å². The van der Waals surface area contributed by atoms with Crippen LogP contribution in [0.15, 0.2) is 24.3 Å². The second-order valence-corrected chi connectivity index (χ2v) is 7.32. The topological polar surface area (TPSA) is 148 Å². The van der Waals surface area contributed by atoms with Crippen LogP contribution in [0.25, 0.3) is 0 Å². The number of hydrogen-bond acceptors (Lipinski definition) is 7. The van der Waals surface area contributed by atoms with Gasteiger partial charge in [-0.05, 0) is 36.2 Å². The normalized spacial score (nSPS) is 15.6. The van der Waals surface area contributed by atoms with Gasteiger partial charge in [0.15, 0.2) is 0 Å². The van der Waals surface area contributed by atoms with Crippen LogP contribution in [0, 0.1) is 0 Å². The molecule has 2 heterocycles. The number of nitrogens with one attached hydrogen (secondary N) is 3. The molecular weight excluding hydrogens is 386 g/mol. The van der Waals surface area contributed by atoms with Gasteiger partial charge < -0.3 is 31.3 Å². The van der Waals surface area contributed by atoms with Crippen molar-refractivity contribution in [2.75, 3.05) is 18.4 Å². The number of benzene rings is 1. The smallest absolute Gasteiger partial charge is 0.394 e. The number of phenolic OH excluding ortho intramolecular Hbond substituents is 1. The number of phenols is 1. The standard InChI is InChI=1S/C18H19N3O6S/c22-10-3-1-9(2-4-10)7-19-8-12-14-11(5-6-20-12)13(17(24)25)16(28-14)21-15(23)18(26)27/h1-4,12,19-20,22H,5-8H2,(H,21,23)(H,24,25)(H,26,27). The number of carbonyl (C=O) groups is 3. The average molecular weight is 405 g/mol. The van der Waals surface area contributed by atoms with Gasteiger partial charge in [0.25, 0.3) is 0 Å². The molecule has 0 saturated carbocycles. The molecule has 0 radical (unpaired) electrons. The van der Waals surface area contributed by atoms with Gasteiger partial charge in [0.05, 0.1) is 11.6 Å². The quantitative estimate of drug-likeness (QED) is 0.392. The number of amides is 1. The third kappa shape index (κ3) is 4.30. The molecule has 0 fully saturated rings. The molecule has 9 nitrogen and oxygen atoms in total. The summed E-state index contributed by atoms with van der Waals surface area (Å²) < 4.78 is 0. The lowest BCUT2D eigenvalue weighted by molar-refractivity contribution is -0.147. The summed E-state index contributed by atoms with van der Waals surface area (Å²) in [5, 5.41) is 36.5. The van der Waals surface area contributed by atoms with Gasteiger partial charge in [-0.25, -0.2) is 9.59 Å². The Morgan fingerprint density at radius 1 is 1.18 bits per heavy atom. The zero-order chi connectivity index (χ0) is 20.3. The van der Waals surface area contributed by atoms with Gasteiger partial charge in [0, 0.05) is 18.0 Å². The largest absolute Gasteiger partial charge is 0.508 e. The monoisotopic (exact) mass is 405 g/mol. The molecule has 1 aromatic carbocycles. The third-order valence-corrected chi connectivity index (χ3v) is 5.63. The van der Waals surface area contributed by atoms with Crippen LogP contribution in [-0.4, -0.2) is 46.3 Å². The van der Waals surface area contributed by atoms with Crippen molar-refractivity contribution in [3.8, 4) is 5.75 Å². The minimum absolute atomic E-state index is 0.0390. The lowest BCUT2D eigenvalue weighted by atomic mass is 9.99. The van der Waals surface area contributed by atoms with Crippen LogP contribution in [-0.2, 0) is 22.6 Å². The predicted octanol–water partition coefficient (Wildman–Crippen LogP) is 1.15. The maximum Gasteiger partial charge on any atom is 0.394 e. The summed E-state index contributed by atoms with van der Waals surface area (Å²) in [5.74, 6) is -3.95. The highest BCUT2D eigenvalue weighted by Crippen LogP contribution is 2.39. The number of carboxylic acid groups (broad SMARTS) is 2. The van der Waals surface area contributed by atoms with E-state index in [1.54, 1.807) is 24.3 Å². The van der Waals surface area contributed by atoms with Crippen LogP contribution in [0.4, 0.5) is 5.00 Å². The summed E-state index contributed by atoms with van der Waals surface area (Å²) in [7, 11) is 0. The molecule has 1 aromatic heterocycles. The first-order chi connectivity index (χ1) is 13.4. The summed E-state index contributed by atoms with van der Waals surface area (Å²) in [5.41, 5.74) is 1.56. The van der Waals surface area contributed by atoms with E-state index in [0.29, 0.717) is 31.6 Å². The molecule has 1 aliphatic rings. The van der Waals surface area contributed by atoms with Crippen LogP contribution in [0.3, 0.4) is 0 Å². The van der Waals surface area contributed by atoms with Gasteiger partial charge in [-0.15, -0.1) is 11.3 Å². The molecule has 28 heavy (non-hydrogen) atoms. The number of thiophene rings is 1. The predicted molar refractivity (Wildman–Crippen MR) is 102 cm³/mol. The zero-order valence-electron chi connectivity index (χ0n) is 14.7. The Morgan fingerprint density at radius 2 is 1.89 bits per heavy atom. The Balaban J connectivity index is 1.76. The van der Waals surface area contributed by atoms with Gasteiger partial charge in [0.2, 0.25) is 0 Å². The van der Waals surface area contributed by atoms with Crippen molar-refractivity contribution in [2.24, 2.45) is 0 Å². The fourth-order valence-electron chi connectivity index (χ4n) is 3.09. The Morgan fingerprint density at radius 3 is 2.54 bits per heavy atom. The average Bonchev–Trinajstić information content (AvgIpc) is 3.02. The first kappa shape index (κ1) is 19.8. The SMILES string of the molecule is O=C(O)C(=O)Nc1sc2c(c1C(=O)O)CCNC2CNCc1ccc(O)cc1. The molecule has 2 aromatic rings. The van der Waals surface area contributed by atoms with E-state index in [2.05, 4.69) is 16.0 Å². The molecule has 1 unspecified atom stereocenters. The van der Waals surface area contributed by atoms with E-state index in [9.17, 15) is 24.6 Å². The van der Waals surface area contributed by atoms with Crippen molar-refractivity contribution in [3.63, 3.8) is 0 Å². The second-order valence-electron chi connectivity index (χ2n) is 6.27. The minimum Gasteiger partial charge on any atom is -0.508 e. The molecule has 1 atom stereocenters. The van der Waals surface area contributed by atoms with Crippen LogP contribution < -0.4 is 16.0 Å². The fraction of sp³-hybridized carbons (Fsp3) is 0.278. The second kappa shape index (κ2) is 8.38. The highest BCUT2D eigenvalue weighted by molar-refractivity contribution is 7.17. The Hall–Kier alpha value is -2.95. The van der Waals surface area contributed by atoms with E-state index in [1.165, 1.54) is 0 Å². The summed E-state index contributed by atoms with van der Waals surface area (Å²) >= 11 is 1.08. The van der Waals surface area contributed by atoms with Gasteiger partial charge >= 0.3 is 17.8 Å². The molecule has 1 amide bonds. The summed E-state index contributed by atoms with van der Waals surface area (Å²) in [6.07, 6.45) is 0.477. The molecule has 10 heteroatoms. The van der Waals surface area contributed by atoms with E-state index in [1.807, 2.05) is 0 Å². The third-order valence-electron chi connectivity index (χ3n) is 4.37. The summed E-state index contributed by atoms with van der Waals surface area (Å²) in [6, 6.07) is 6.64. The zero-order valence-corrected chi connectivity index (χ0v) is 15.5. The van der Waals surface area contributed by atoms with Gasteiger partial charge in [-0.3, -0.25) is 4.79 Å². The lowest BCUT2D eigenvalue weighted by Crippen LogP contribution is -2.36. The van der Waals surface area contributed by atoms with Crippen LogP contribution in [0.2, 0.25) is 0 Å². The Bertz CT molecular complexity index is 909. The van der Waals surface area contributed by atoms with Crippen LogP contribution >= 0.6 is 11.3 Å². The van der Waals surface area contributed by atoms with Crippen molar-refractivity contribution in [1.29, 1.82) is 0 Å². The molecule has 0 saturated heterocycles. The van der Waals surface area contributed by atoms with E-state index in [-0.39, 0.29) is 22.4 Å². The number of carbonyl (C=O) groups excluding carboxylic acids is 1. The molecule has 1 aliphatic heterocycles. The van der Waals surface area contributed by atoms with Crippen molar-refractivity contribution < 1.29 is 29.7 Å². The number of anilines is 1. The minimum atomic E-state index is -1.67. The van der Waals surface area contributed by atoms with Crippen molar-refractivity contribution >= 4 is 34.2 Å². The highest BCUT2D eigenvalue weighted by Gasteiger charge is 2.31. The van der Waals surface area contributed by atoms with E-state index in [0.717, 1.165) is 21.8 Å².